The van der Waals surface area contributed by atoms with Gasteiger partial charge in [-0.2, -0.15) is 0 Å². The Morgan fingerprint density at radius 2 is 1.06 bits per heavy atom. The predicted molar refractivity (Wildman–Crippen MR) is 207 cm³/mol. The lowest BCUT2D eigenvalue weighted by Gasteiger charge is -2.25. The molecule has 0 aromatic carbocycles. The van der Waals surface area contributed by atoms with Crippen LogP contribution in [0.15, 0.2) is 36.5 Å². The topological polar surface area (TPSA) is 108 Å². The number of allylic oxidation sites excluding steroid dienone is 6. The Hall–Kier alpha value is -2.49. The smallest absolute Gasteiger partial charge is 0.361 e. The number of likely N-dealkylation sites (N-methyl/N-ethyl adjacent to an activating group) is 1. The van der Waals surface area contributed by atoms with Crippen molar-refractivity contribution in [1.82, 2.24) is 0 Å². The maximum atomic E-state index is 12.7. The first-order valence-corrected chi connectivity index (χ1v) is 20.2. The summed E-state index contributed by atoms with van der Waals surface area (Å²) < 4.78 is 22.6. The van der Waals surface area contributed by atoms with E-state index >= 15 is 0 Å². The number of hydrogen-bond donors (Lipinski definition) is 1. The molecule has 0 rings (SSSR count). The highest BCUT2D eigenvalue weighted by Gasteiger charge is 2.25. The quantitative estimate of drug-likeness (QED) is 0.0224. The molecular weight excluding hydrogens is 646 g/mol. The lowest BCUT2D eigenvalue weighted by atomic mass is 10.1. The second-order valence-electron chi connectivity index (χ2n) is 14.6. The van der Waals surface area contributed by atoms with Crippen molar-refractivity contribution in [3.8, 4) is 0 Å². The number of rotatable bonds is 36. The number of ether oxygens (including phenoxy) is 4. The summed E-state index contributed by atoms with van der Waals surface area (Å²) in [6.07, 6.45) is 33.6. The fraction of sp³-hybridized carbons (Fsp3) is 0.786. The van der Waals surface area contributed by atoms with Gasteiger partial charge < -0.3 is 28.5 Å². The van der Waals surface area contributed by atoms with Gasteiger partial charge in [0.2, 0.25) is 0 Å². The number of aliphatic carboxylic acids is 1. The zero-order chi connectivity index (χ0) is 37.8. The van der Waals surface area contributed by atoms with E-state index in [2.05, 4.69) is 50.3 Å². The van der Waals surface area contributed by atoms with Gasteiger partial charge >= 0.3 is 17.9 Å². The standard InChI is InChI=1S/C42H75NO8/c1-6-8-10-12-14-15-16-17-18-19-20-21-22-23-24-25-27-29-31-33-40(45)51-38(36-49-39(44)32-30-28-26-13-11-9-7-2)37-50-42(41(46)47)48-35-34-43(3,4)5/h14-15,17-18,20-21,38,42H,6-13,16,19,22-37H2,1-5H3/p+1/b15-14-,18-17-,21-20-. The minimum atomic E-state index is -1.51. The fourth-order valence-corrected chi connectivity index (χ4v) is 5.19. The lowest BCUT2D eigenvalue weighted by molar-refractivity contribution is -0.870. The average Bonchev–Trinajstić information content (AvgIpc) is 3.08. The molecule has 0 aliphatic carbocycles. The Bertz CT molecular complexity index is 940. The molecule has 0 heterocycles. The molecule has 0 spiro atoms. The minimum Gasteiger partial charge on any atom is -0.477 e. The zero-order valence-electron chi connectivity index (χ0n) is 33.3. The van der Waals surface area contributed by atoms with E-state index in [-0.39, 0.29) is 32.2 Å². The first-order chi connectivity index (χ1) is 24.6. The van der Waals surface area contributed by atoms with Crippen LogP contribution >= 0.6 is 0 Å². The van der Waals surface area contributed by atoms with E-state index in [1.165, 1.54) is 64.2 Å². The summed E-state index contributed by atoms with van der Waals surface area (Å²) in [5, 5.41) is 9.57. The van der Waals surface area contributed by atoms with Gasteiger partial charge in [-0.1, -0.05) is 127 Å². The molecule has 0 amide bonds. The molecule has 0 fully saturated rings. The van der Waals surface area contributed by atoms with Gasteiger partial charge in [0.05, 0.1) is 34.4 Å². The Morgan fingerprint density at radius 1 is 0.588 bits per heavy atom. The van der Waals surface area contributed by atoms with Gasteiger partial charge in [-0.15, -0.1) is 0 Å². The number of carbonyl (C=O) groups is 3. The Kier molecular flexibility index (Phi) is 32.9. The molecule has 0 aromatic heterocycles. The highest BCUT2D eigenvalue weighted by molar-refractivity contribution is 5.71. The molecule has 9 heteroatoms. The molecule has 0 saturated carbocycles. The number of carboxylic acid groups (broad SMARTS) is 1. The van der Waals surface area contributed by atoms with Crippen LogP contribution in [-0.4, -0.2) is 87.4 Å². The van der Waals surface area contributed by atoms with Gasteiger partial charge in [-0.25, -0.2) is 4.79 Å². The van der Waals surface area contributed by atoms with Crippen LogP contribution in [0.5, 0.6) is 0 Å². The lowest BCUT2D eigenvalue weighted by Crippen LogP contribution is -2.40. The maximum absolute atomic E-state index is 12.7. The maximum Gasteiger partial charge on any atom is 0.361 e. The van der Waals surface area contributed by atoms with E-state index in [0.717, 1.165) is 57.8 Å². The normalized spacial score (nSPS) is 13.4. The fourth-order valence-electron chi connectivity index (χ4n) is 5.19. The molecule has 0 aliphatic heterocycles. The summed E-state index contributed by atoms with van der Waals surface area (Å²) in [7, 11) is 5.93. The van der Waals surface area contributed by atoms with Gasteiger partial charge in [0, 0.05) is 12.8 Å². The second kappa shape index (κ2) is 34.6. The number of esters is 2. The van der Waals surface area contributed by atoms with Gasteiger partial charge in [0.15, 0.2) is 6.10 Å². The third-order valence-electron chi connectivity index (χ3n) is 8.40. The van der Waals surface area contributed by atoms with Crippen molar-refractivity contribution in [3.63, 3.8) is 0 Å². The minimum absolute atomic E-state index is 0.185. The van der Waals surface area contributed by atoms with Gasteiger partial charge in [-0.3, -0.25) is 9.59 Å². The third-order valence-corrected chi connectivity index (χ3v) is 8.40. The van der Waals surface area contributed by atoms with Crippen LogP contribution in [0.25, 0.3) is 0 Å². The van der Waals surface area contributed by atoms with E-state index in [9.17, 15) is 19.5 Å². The molecule has 0 radical (unpaired) electrons. The van der Waals surface area contributed by atoms with E-state index in [4.69, 9.17) is 18.9 Å². The van der Waals surface area contributed by atoms with Gasteiger partial charge in [-0.05, 0) is 51.4 Å². The van der Waals surface area contributed by atoms with Crippen LogP contribution in [0.1, 0.15) is 155 Å². The summed E-state index contributed by atoms with van der Waals surface area (Å²) in [5.74, 6) is -2.04. The summed E-state index contributed by atoms with van der Waals surface area (Å²) in [5.41, 5.74) is 0. The van der Waals surface area contributed by atoms with Crippen molar-refractivity contribution in [2.24, 2.45) is 0 Å². The monoisotopic (exact) mass is 723 g/mol. The third kappa shape index (κ3) is 35.7. The molecule has 2 atom stereocenters. The molecule has 9 nitrogen and oxygen atoms in total. The first kappa shape index (κ1) is 48.5. The Morgan fingerprint density at radius 3 is 1.61 bits per heavy atom. The molecule has 0 saturated heterocycles. The van der Waals surface area contributed by atoms with Crippen molar-refractivity contribution < 1.29 is 42.9 Å². The van der Waals surface area contributed by atoms with Crippen LogP contribution in [0.2, 0.25) is 0 Å². The molecule has 0 aromatic rings. The number of nitrogens with zero attached hydrogens (tertiary/aromatic N) is 1. The summed E-state index contributed by atoms with van der Waals surface area (Å²) >= 11 is 0. The van der Waals surface area contributed by atoms with Crippen molar-refractivity contribution in [1.29, 1.82) is 0 Å². The van der Waals surface area contributed by atoms with Gasteiger partial charge in [0.25, 0.3) is 6.29 Å². The molecule has 2 unspecified atom stereocenters. The van der Waals surface area contributed by atoms with Gasteiger partial charge in [0.1, 0.15) is 13.2 Å². The van der Waals surface area contributed by atoms with Crippen LogP contribution < -0.4 is 0 Å². The number of carboxylic acids is 1. The number of carbonyl (C=O) groups excluding carboxylic acids is 2. The van der Waals surface area contributed by atoms with E-state index in [1.54, 1.807) is 0 Å². The molecule has 0 bridgehead atoms. The Balaban J connectivity index is 4.44. The molecular formula is C42H76NO8+. The zero-order valence-corrected chi connectivity index (χ0v) is 33.3. The molecule has 296 valence electrons. The SMILES string of the molecule is CCCCC/C=C\C/C=C\C/C=C\CCCCCCCCC(=O)OC(COC(=O)CCCCCCCCC)COC(OCC[N+](C)(C)C)C(=O)O. The van der Waals surface area contributed by atoms with Crippen molar-refractivity contribution in [3.05, 3.63) is 36.5 Å². The number of quaternary nitrogens is 1. The van der Waals surface area contributed by atoms with Crippen LogP contribution in [-0.2, 0) is 33.3 Å². The number of hydrogen-bond acceptors (Lipinski definition) is 7. The van der Waals surface area contributed by atoms with Crippen LogP contribution in [0.3, 0.4) is 0 Å². The highest BCUT2D eigenvalue weighted by atomic mass is 16.7. The second-order valence-corrected chi connectivity index (χ2v) is 14.6. The highest BCUT2D eigenvalue weighted by Crippen LogP contribution is 2.12. The number of unbranched alkanes of at least 4 members (excludes halogenated alkanes) is 15. The van der Waals surface area contributed by atoms with E-state index in [0.29, 0.717) is 23.9 Å². The van der Waals surface area contributed by atoms with Crippen molar-refractivity contribution >= 4 is 17.9 Å². The molecule has 51 heavy (non-hydrogen) atoms. The van der Waals surface area contributed by atoms with Crippen molar-refractivity contribution in [2.45, 2.75) is 167 Å². The molecule has 1 N–H and O–H groups in total. The summed E-state index contributed by atoms with van der Waals surface area (Å²) in [6, 6.07) is 0. The van der Waals surface area contributed by atoms with Crippen molar-refractivity contribution in [2.75, 3.05) is 47.5 Å². The van der Waals surface area contributed by atoms with Crippen LogP contribution in [0, 0.1) is 0 Å². The first-order valence-electron chi connectivity index (χ1n) is 20.2. The van der Waals surface area contributed by atoms with Crippen LogP contribution in [0.4, 0.5) is 0 Å². The summed E-state index contributed by atoms with van der Waals surface area (Å²) in [4.78, 5) is 36.8. The average molecular weight is 723 g/mol. The Labute approximate surface area is 311 Å². The molecule has 0 aliphatic rings. The summed E-state index contributed by atoms with van der Waals surface area (Å²) in [6.45, 7) is 4.76. The van der Waals surface area contributed by atoms with E-state index in [1.807, 2.05) is 21.1 Å². The van der Waals surface area contributed by atoms with E-state index < -0.39 is 24.3 Å². The predicted octanol–water partition coefficient (Wildman–Crippen LogP) is 9.88. The largest absolute Gasteiger partial charge is 0.477 e.